The zero-order valence-electron chi connectivity index (χ0n) is 15.7. The van der Waals surface area contributed by atoms with E-state index in [2.05, 4.69) is 25.7 Å². The highest BCUT2D eigenvalue weighted by molar-refractivity contribution is 5.93. The first kappa shape index (κ1) is 19.8. The monoisotopic (exact) mass is 354 g/mol. The van der Waals surface area contributed by atoms with E-state index in [-0.39, 0.29) is 23.2 Å². The van der Waals surface area contributed by atoms with Gasteiger partial charge in [0.25, 0.3) is 11.5 Å². The molecule has 1 aliphatic rings. The maximum absolute atomic E-state index is 13.9. The number of hydrogen-bond acceptors (Lipinski definition) is 3. The summed E-state index contributed by atoms with van der Waals surface area (Å²) >= 11 is 0. The topological polar surface area (TPSA) is 42.3 Å². The Balaban J connectivity index is 2.27. The minimum atomic E-state index is -3.13. The number of pyridine rings is 1. The second-order valence-corrected chi connectivity index (χ2v) is 7.99. The molecule has 0 aliphatic carbocycles. The Morgan fingerprint density at radius 2 is 1.96 bits per heavy atom. The molecular weight excluding hydrogens is 326 g/mol. The lowest BCUT2D eigenvalue weighted by molar-refractivity contribution is 0.00628. The summed E-state index contributed by atoms with van der Waals surface area (Å²) in [5.74, 6) is -2.94. The smallest absolute Gasteiger partial charge is 0.285 e. The lowest BCUT2D eigenvalue weighted by Gasteiger charge is -2.43. The summed E-state index contributed by atoms with van der Waals surface area (Å²) in [5, 5.41) is 0. The Hall–Kier alpha value is -1.56. The molecule has 1 aliphatic heterocycles. The summed E-state index contributed by atoms with van der Waals surface area (Å²) in [7, 11) is 0. The van der Waals surface area contributed by atoms with Gasteiger partial charge in [0.1, 0.15) is 0 Å². The highest BCUT2D eigenvalue weighted by Crippen LogP contribution is 2.34. The van der Waals surface area contributed by atoms with Gasteiger partial charge in [0.2, 0.25) is 0 Å². The number of rotatable bonds is 5. The van der Waals surface area contributed by atoms with Gasteiger partial charge in [-0.25, -0.2) is 8.78 Å². The van der Waals surface area contributed by atoms with Crippen molar-refractivity contribution in [2.75, 3.05) is 19.6 Å². The Morgan fingerprint density at radius 1 is 1.32 bits per heavy atom. The second kappa shape index (κ2) is 6.98. The van der Waals surface area contributed by atoms with Gasteiger partial charge in [0.05, 0.1) is 11.3 Å². The minimum Gasteiger partial charge on any atom is -0.305 e. The maximum atomic E-state index is 13.9. The van der Waals surface area contributed by atoms with Crippen LogP contribution in [0.15, 0.2) is 16.9 Å². The van der Waals surface area contributed by atoms with Crippen LogP contribution in [0.4, 0.5) is 8.78 Å². The molecule has 2 heterocycles. The largest absolute Gasteiger partial charge is 0.305 e. The van der Waals surface area contributed by atoms with Crippen molar-refractivity contribution in [3.05, 3.63) is 33.7 Å². The molecule has 1 fully saturated rings. The van der Waals surface area contributed by atoms with Crippen LogP contribution in [0, 0.1) is 11.3 Å². The Kier molecular flexibility index (Phi) is 5.52. The summed E-state index contributed by atoms with van der Waals surface area (Å²) in [5.41, 5.74) is -0.856. The molecule has 0 radical (unpaired) electrons. The van der Waals surface area contributed by atoms with Crippen LogP contribution in [0.3, 0.4) is 0 Å². The van der Waals surface area contributed by atoms with Crippen LogP contribution in [-0.4, -0.2) is 34.9 Å². The number of halogens is 2. The Bertz CT molecular complexity index is 704. The van der Waals surface area contributed by atoms with E-state index >= 15 is 0 Å². The van der Waals surface area contributed by atoms with Crippen LogP contribution in [0.1, 0.15) is 57.1 Å². The van der Waals surface area contributed by atoms with Crippen LogP contribution in [0.25, 0.3) is 0 Å². The molecule has 0 saturated carbocycles. The third kappa shape index (κ3) is 4.35. The van der Waals surface area contributed by atoms with Crippen molar-refractivity contribution in [1.82, 2.24) is 9.47 Å². The molecule has 6 heteroatoms. The van der Waals surface area contributed by atoms with Crippen LogP contribution >= 0.6 is 0 Å². The van der Waals surface area contributed by atoms with Gasteiger partial charge < -0.3 is 9.47 Å². The lowest BCUT2D eigenvalue weighted by atomic mass is 9.75. The predicted molar refractivity (Wildman–Crippen MR) is 94.3 cm³/mol. The third-order valence-corrected chi connectivity index (χ3v) is 5.49. The molecule has 0 bridgehead atoms. The average molecular weight is 354 g/mol. The fourth-order valence-corrected chi connectivity index (χ4v) is 3.46. The first-order chi connectivity index (χ1) is 11.4. The molecule has 1 aromatic heterocycles. The highest BCUT2D eigenvalue weighted by atomic mass is 19.3. The number of carbonyl (C=O) groups is 1. The number of ketones is 1. The van der Waals surface area contributed by atoms with Crippen molar-refractivity contribution in [3.8, 4) is 0 Å². The van der Waals surface area contributed by atoms with E-state index in [1.165, 1.54) is 19.1 Å². The van der Waals surface area contributed by atoms with Gasteiger partial charge in [-0.05, 0) is 43.4 Å². The van der Waals surface area contributed by atoms with E-state index in [0.717, 1.165) is 31.0 Å². The van der Waals surface area contributed by atoms with Gasteiger partial charge in [-0.2, -0.15) is 0 Å². The first-order valence-corrected chi connectivity index (χ1v) is 8.79. The molecule has 0 aromatic carbocycles. The maximum Gasteiger partial charge on any atom is 0.285 e. The highest BCUT2D eigenvalue weighted by Gasteiger charge is 2.33. The van der Waals surface area contributed by atoms with E-state index < -0.39 is 17.3 Å². The summed E-state index contributed by atoms with van der Waals surface area (Å²) < 4.78 is 28.9. The number of carbonyl (C=O) groups excluding carboxylic acids is 1. The van der Waals surface area contributed by atoms with Gasteiger partial charge in [-0.1, -0.05) is 20.8 Å². The number of piperidine rings is 1. The quantitative estimate of drug-likeness (QED) is 0.760. The predicted octanol–water partition coefficient (Wildman–Crippen LogP) is 3.53. The average Bonchev–Trinajstić information content (AvgIpc) is 2.47. The van der Waals surface area contributed by atoms with Gasteiger partial charge in [0.15, 0.2) is 5.78 Å². The van der Waals surface area contributed by atoms with E-state index in [9.17, 15) is 18.4 Å². The molecule has 0 amide bonds. The molecule has 1 aromatic rings. The molecule has 1 unspecified atom stereocenters. The molecule has 0 N–H and O–H groups in total. The van der Waals surface area contributed by atoms with Gasteiger partial charge in [0, 0.05) is 26.6 Å². The molecule has 25 heavy (non-hydrogen) atoms. The van der Waals surface area contributed by atoms with E-state index in [0.29, 0.717) is 12.5 Å². The van der Waals surface area contributed by atoms with E-state index in [1.54, 1.807) is 0 Å². The number of nitrogens with zero attached hydrogens (tertiary/aromatic N) is 2. The number of alkyl halides is 2. The van der Waals surface area contributed by atoms with Crippen LogP contribution in [0.2, 0.25) is 0 Å². The molecule has 1 saturated heterocycles. The zero-order valence-corrected chi connectivity index (χ0v) is 15.7. The molecule has 1 atom stereocenters. The number of hydrogen-bond donors (Lipinski definition) is 0. The minimum absolute atomic E-state index is 0.0411. The van der Waals surface area contributed by atoms with Crippen molar-refractivity contribution in [2.45, 2.75) is 53.5 Å². The fourth-order valence-electron chi connectivity index (χ4n) is 3.46. The third-order valence-electron chi connectivity index (χ3n) is 5.49. The summed E-state index contributed by atoms with van der Waals surface area (Å²) in [6.07, 6.45) is 1.05. The summed E-state index contributed by atoms with van der Waals surface area (Å²) in [4.78, 5) is 26.3. The van der Waals surface area contributed by atoms with Gasteiger partial charge >= 0.3 is 0 Å². The second-order valence-electron chi connectivity index (χ2n) is 7.99. The van der Waals surface area contributed by atoms with Gasteiger partial charge in [-0.15, -0.1) is 0 Å². The number of likely N-dealkylation sites (tertiary alicyclic amines) is 1. The molecule has 2 rings (SSSR count). The molecule has 4 nitrogen and oxygen atoms in total. The fraction of sp³-hybridized carbons (Fsp3) is 0.684. The number of Topliss-reactive ketones (excluding diaryl/α,β-unsaturated/α-hetero) is 1. The SMILES string of the molecule is CC(=O)c1ccc(C(C)(F)F)n(CCN2CCC(C)C(C)(C)C2)c1=O. The summed E-state index contributed by atoms with van der Waals surface area (Å²) in [6.45, 7) is 11.1. The van der Waals surface area contributed by atoms with Crippen molar-refractivity contribution < 1.29 is 13.6 Å². The molecule has 0 spiro atoms. The first-order valence-electron chi connectivity index (χ1n) is 8.79. The summed E-state index contributed by atoms with van der Waals surface area (Å²) in [6, 6.07) is 2.40. The van der Waals surface area contributed by atoms with Crippen LogP contribution < -0.4 is 5.56 Å². The van der Waals surface area contributed by atoms with Crippen LogP contribution in [-0.2, 0) is 12.5 Å². The Labute approximate surface area is 147 Å². The van der Waals surface area contributed by atoms with E-state index in [4.69, 9.17) is 0 Å². The van der Waals surface area contributed by atoms with Crippen molar-refractivity contribution in [1.29, 1.82) is 0 Å². The van der Waals surface area contributed by atoms with Crippen LogP contribution in [0.5, 0.6) is 0 Å². The standard InChI is InChI=1S/C19H28F2N2O2/c1-13-8-9-22(12-18(13,3)4)10-11-23-16(19(5,20)21)7-6-15(14(2)24)17(23)25/h6-7,13H,8-12H2,1-5H3. The molecular formula is C19H28F2N2O2. The Morgan fingerprint density at radius 3 is 2.48 bits per heavy atom. The van der Waals surface area contributed by atoms with Gasteiger partial charge in [-0.3, -0.25) is 9.59 Å². The van der Waals surface area contributed by atoms with Crippen molar-refractivity contribution >= 4 is 5.78 Å². The molecule has 140 valence electrons. The number of aromatic nitrogens is 1. The zero-order chi connectivity index (χ0) is 19.0. The normalized spacial score (nSPS) is 21.3. The lowest BCUT2D eigenvalue weighted by Crippen LogP contribution is -2.46. The van der Waals surface area contributed by atoms with Crippen molar-refractivity contribution in [3.63, 3.8) is 0 Å². The van der Waals surface area contributed by atoms with Crippen molar-refractivity contribution in [2.24, 2.45) is 11.3 Å². The van der Waals surface area contributed by atoms with E-state index in [1.807, 2.05) is 0 Å².